The number of hydrogen-bond acceptors (Lipinski definition) is 3. The molecule has 0 spiro atoms. The fourth-order valence-electron chi connectivity index (χ4n) is 2.13. The first kappa shape index (κ1) is 11.1. The van der Waals surface area contributed by atoms with E-state index in [1.54, 1.807) is 24.3 Å². The maximum absolute atomic E-state index is 12.3. The van der Waals surface area contributed by atoms with Gasteiger partial charge in [0.05, 0.1) is 17.3 Å². The summed E-state index contributed by atoms with van der Waals surface area (Å²) in [4.78, 5) is 18.0. The second kappa shape index (κ2) is 4.22. The van der Waals surface area contributed by atoms with Gasteiger partial charge in [-0.15, -0.1) is 0 Å². The number of pyridine rings is 1. The topological polar surface area (TPSA) is 59.2 Å². The number of nitrogens with zero attached hydrogens (tertiary/aromatic N) is 2. The van der Waals surface area contributed by atoms with Gasteiger partial charge in [-0.05, 0) is 25.0 Å². The van der Waals surface area contributed by atoms with E-state index >= 15 is 0 Å². The summed E-state index contributed by atoms with van der Waals surface area (Å²) >= 11 is 0. The van der Waals surface area contributed by atoms with Gasteiger partial charge < -0.3 is 10.6 Å². The first-order valence-corrected chi connectivity index (χ1v) is 5.58. The minimum absolute atomic E-state index is 0.120. The molecule has 1 heterocycles. The maximum Gasteiger partial charge on any atom is 0.234 e. The minimum Gasteiger partial charge on any atom is -0.329 e. The fraction of sp³-hybridized carbons (Fsp3) is 0.500. The number of rotatable bonds is 3. The molecule has 0 aromatic carbocycles. The zero-order chi connectivity index (χ0) is 11.6. The van der Waals surface area contributed by atoms with Gasteiger partial charge in [-0.1, -0.05) is 6.42 Å². The highest BCUT2D eigenvalue weighted by Crippen LogP contribution is 2.41. The molecule has 4 nitrogen and oxygen atoms in total. The van der Waals surface area contributed by atoms with Crippen LogP contribution >= 0.6 is 0 Å². The van der Waals surface area contributed by atoms with E-state index in [4.69, 9.17) is 5.73 Å². The van der Waals surface area contributed by atoms with Crippen LogP contribution in [0.15, 0.2) is 24.5 Å². The molecule has 1 aliphatic carbocycles. The normalized spacial score (nSPS) is 17.6. The lowest BCUT2D eigenvalue weighted by molar-refractivity contribution is -0.131. The highest BCUT2D eigenvalue weighted by atomic mass is 16.2. The summed E-state index contributed by atoms with van der Waals surface area (Å²) in [6.45, 7) is 0.441. The second-order valence-corrected chi connectivity index (χ2v) is 4.41. The number of amides is 1. The molecule has 1 amide bonds. The van der Waals surface area contributed by atoms with Crippen molar-refractivity contribution in [2.24, 2.45) is 11.1 Å². The molecule has 0 bridgehead atoms. The van der Waals surface area contributed by atoms with Gasteiger partial charge in [-0.3, -0.25) is 9.78 Å². The van der Waals surface area contributed by atoms with Crippen LogP contribution < -0.4 is 10.6 Å². The molecule has 1 fully saturated rings. The van der Waals surface area contributed by atoms with E-state index in [2.05, 4.69) is 4.98 Å². The molecule has 2 N–H and O–H groups in total. The van der Waals surface area contributed by atoms with Crippen LogP contribution in [0, 0.1) is 5.41 Å². The lowest BCUT2D eigenvalue weighted by Crippen LogP contribution is -2.51. The summed E-state index contributed by atoms with van der Waals surface area (Å²) in [6.07, 6.45) is 6.31. The molecule has 0 aliphatic heterocycles. The van der Waals surface area contributed by atoms with Gasteiger partial charge in [0.2, 0.25) is 5.91 Å². The first-order valence-electron chi connectivity index (χ1n) is 5.58. The van der Waals surface area contributed by atoms with Crippen molar-refractivity contribution in [3.8, 4) is 0 Å². The third kappa shape index (κ3) is 1.69. The zero-order valence-electron chi connectivity index (χ0n) is 9.52. The quantitative estimate of drug-likeness (QED) is 0.830. The molecule has 4 heteroatoms. The van der Waals surface area contributed by atoms with Crippen LogP contribution in [-0.2, 0) is 4.79 Å². The van der Waals surface area contributed by atoms with Gasteiger partial charge >= 0.3 is 0 Å². The largest absolute Gasteiger partial charge is 0.329 e. The third-order valence-corrected chi connectivity index (χ3v) is 3.49. The predicted molar refractivity (Wildman–Crippen MR) is 63.0 cm³/mol. The number of aromatic nitrogens is 1. The molecule has 2 rings (SSSR count). The third-order valence-electron chi connectivity index (χ3n) is 3.49. The average Bonchev–Trinajstić information content (AvgIpc) is 2.28. The van der Waals surface area contributed by atoms with Crippen LogP contribution in [0.3, 0.4) is 0 Å². The summed E-state index contributed by atoms with van der Waals surface area (Å²) in [5, 5.41) is 0. The average molecular weight is 219 g/mol. The fourth-order valence-corrected chi connectivity index (χ4v) is 2.13. The van der Waals surface area contributed by atoms with Gasteiger partial charge in [0.15, 0.2) is 0 Å². The molecular weight excluding hydrogens is 202 g/mol. The Morgan fingerprint density at radius 2 is 2.38 bits per heavy atom. The number of anilines is 1. The van der Waals surface area contributed by atoms with Crippen molar-refractivity contribution >= 4 is 11.6 Å². The van der Waals surface area contributed by atoms with E-state index in [1.165, 1.54) is 0 Å². The molecule has 1 aliphatic rings. The maximum atomic E-state index is 12.3. The van der Waals surface area contributed by atoms with Crippen molar-refractivity contribution < 1.29 is 4.79 Å². The monoisotopic (exact) mass is 219 g/mol. The van der Waals surface area contributed by atoms with Gasteiger partial charge in [0, 0.05) is 19.8 Å². The highest BCUT2D eigenvalue weighted by molar-refractivity contribution is 5.97. The van der Waals surface area contributed by atoms with Gasteiger partial charge in [-0.25, -0.2) is 0 Å². The van der Waals surface area contributed by atoms with Crippen LogP contribution in [-0.4, -0.2) is 24.5 Å². The molecule has 16 heavy (non-hydrogen) atoms. The number of carbonyl (C=O) groups excluding carboxylic acids is 1. The molecule has 1 saturated carbocycles. The Morgan fingerprint density at radius 3 is 2.81 bits per heavy atom. The van der Waals surface area contributed by atoms with Crippen LogP contribution in [0.4, 0.5) is 5.69 Å². The van der Waals surface area contributed by atoms with Crippen molar-refractivity contribution in [3.05, 3.63) is 24.5 Å². The Morgan fingerprint density at radius 1 is 1.62 bits per heavy atom. The summed E-state index contributed by atoms with van der Waals surface area (Å²) in [7, 11) is 1.79. The Bertz CT molecular complexity index is 368. The van der Waals surface area contributed by atoms with Crippen LogP contribution in [0.1, 0.15) is 19.3 Å². The Labute approximate surface area is 95.5 Å². The van der Waals surface area contributed by atoms with Gasteiger partial charge in [0.1, 0.15) is 0 Å². The molecule has 0 unspecified atom stereocenters. The minimum atomic E-state index is -0.315. The van der Waals surface area contributed by atoms with Crippen LogP contribution in [0.5, 0.6) is 0 Å². The number of nitrogens with two attached hydrogens (primary N) is 1. The van der Waals surface area contributed by atoms with E-state index in [-0.39, 0.29) is 11.3 Å². The van der Waals surface area contributed by atoms with Crippen molar-refractivity contribution in [1.29, 1.82) is 0 Å². The van der Waals surface area contributed by atoms with E-state index in [1.807, 2.05) is 12.1 Å². The molecular formula is C12H17N3O. The lowest BCUT2D eigenvalue weighted by Gasteiger charge is -2.41. The van der Waals surface area contributed by atoms with Crippen molar-refractivity contribution in [1.82, 2.24) is 4.98 Å². The molecule has 86 valence electrons. The summed E-state index contributed by atoms with van der Waals surface area (Å²) < 4.78 is 0. The van der Waals surface area contributed by atoms with Gasteiger partial charge in [-0.2, -0.15) is 0 Å². The first-order chi connectivity index (χ1) is 7.69. The Balaban J connectivity index is 2.16. The molecule has 0 atom stereocenters. The van der Waals surface area contributed by atoms with Crippen molar-refractivity contribution in [2.75, 3.05) is 18.5 Å². The van der Waals surface area contributed by atoms with E-state index < -0.39 is 0 Å². The SMILES string of the molecule is CN(C(=O)C1(CN)CCC1)c1cccnc1. The van der Waals surface area contributed by atoms with Crippen LogP contribution in [0.25, 0.3) is 0 Å². The van der Waals surface area contributed by atoms with Crippen LogP contribution in [0.2, 0.25) is 0 Å². The predicted octanol–water partition coefficient (Wildman–Crippen LogP) is 1.17. The summed E-state index contributed by atoms with van der Waals surface area (Å²) in [5.74, 6) is 0.120. The standard InChI is InChI=1S/C12H17N3O/c1-15(10-4-2-7-14-8-10)11(16)12(9-13)5-3-6-12/h2,4,7-8H,3,5-6,9,13H2,1H3. The Hall–Kier alpha value is -1.42. The highest BCUT2D eigenvalue weighted by Gasteiger charge is 2.44. The zero-order valence-corrected chi connectivity index (χ0v) is 9.52. The lowest BCUT2D eigenvalue weighted by atomic mass is 9.68. The molecule has 1 aromatic heterocycles. The van der Waals surface area contributed by atoms with E-state index in [0.29, 0.717) is 6.54 Å². The molecule has 1 aromatic rings. The van der Waals surface area contributed by atoms with Crippen molar-refractivity contribution in [3.63, 3.8) is 0 Å². The molecule has 0 radical (unpaired) electrons. The summed E-state index contributed by atoms with van der Waals surface area (Å²) in [6, 6.07) is 3.71. The summed E-state index contributed by atoms with van der Waals surface area (Å²) in [5.41, 5.74) is 6.23. The van der Waals surface area contributed by atoms with E-state index in [9.17, 15) is 4.79 Å². The number of carbonyl (C=O) groups is 1. The van der Waals surface area contributed by atoms with E-state index in [0.717, 1.165) is 24.9 Å². The Kier molecular flexibility index (Phi) is 2.92. The smallest absolute Gasteiger partial charge is 0.234 e. The second-order valence-electron chi connectivity index (χ2n) is 4.41. The number of hydrogen-bond donors (Lipinski definition) is 1. The van der Waals surface area contributed by atoms with Gasteiger partial charge in [0.25, 0.3) is 0 Å². The molecule has 0 saturated heterocycles. The van der Waals surface area contributed by atoms with Crippen molar-refractivity contribution in [2.45, 2.75) is 19.3 Å².